The molecular formula is C14H20N2O2. The molecule has 0 heterocycles. The van der Waals surface area contributed by atoms with Gasteiger partial charge < -0.3 is 15.2 Å². The molecule has 1 atom stereocenters. The normalized spacial score (nSPS) is 12.8. The van der Waals surface area contributed by atoms with Crippen LogP contribution in [0.3, 0.4) is 0 Å². The van der Waals surface area contributed by atoms with Crippen molar-refractivity contribution in [1.82, 2.24) is 5.32 Å². The first-order valence-electron chi connectivity index (χ1n) is 5.97. The summed E-state index contributed by atoms with van der Waals surface area (Å²) >= 11 is 0. The number of nitrogens with one attached hydrogen (secondary N) is 1. The number of nitrogens with zero attached hydrogens (tertiary/aromatic N) is 1. The molecule has 0 aliphatic heterocycles. The Morgan fingerprint density at radius 3 is 2.78 bits per heavy atom. The summed E-state index contributed by atoms with van der Waals surface area (Å²) in [5.74, 6) is 0.601. The molecule has 1 aromatic carbocycles. The third-order valence-corrected chi connectivity index (χ3v) is 2.27. The van der Waals surface area contributed by atoms with Gasteiger partial charge in [0.25, 0.3) is 0 Å². The molecule has 0 bridgehead atoms. The lowest BCUT2D eigenvalue weighted by atomic mass is 10.1. The fraction of sp³-hybridized carbons (Fsp3) is 0.500. The van der Waals surface area contributed by atoms with E-state index >= 15 is 0 Å². The van der Waals surface area contributed by atoms with E-state index in [1.165, 1.54) is 0 Å². The molecule has 4 heteroatoms. The number of aliphatic hydroxyl groups is 1. The van der Waals surface area contributed by atoms with Gasteiger partial charge in [-0.15, -0.1) is 0 Å². The van der Waals surface area contributed by atoms with Gasteiger partial charge in [0.1, 0.15) is 18.5 Å². The standard InChI is InChI=1S/C14H20N2O2/c1-14(2,3)16-9-12(17)10-18-13-6-4-5-11(7-13)8-15/h4-7,12,16-17H,9-10H2,1-3H3. The molecule has 2 N–H and O–H groups in total. The number of aliphatic hydroxyl groups excluding tert-OH is 1. The lowest BCUT2D eigenvalue weighted by Crippen LogP contribution is -2.42. The van der Waals surface area contributed by atoms with Crippen molar-refractivity contribution in [3.05, 3.63) is 29.8 Å². The molecule has 0 aliphatic carbocycles. The first kappa shape index (κ1) is 14.5. The average molecular weight is 248 g/mol. The molecule has 0 radical (unpaired) electrons. The molecule has 0 spiro atoms. The summed E-state index contributed by atoms with van der Waals surface area (Å²) in [6, 6.07) is 8.94. The third-order valence-electron chi connectivity index (χ3n) is 2.27. The molecule has 4 nitrogen and oxygen atoms in total. The molecule has 0 fully saturated rings. The average Bonchev–Trinajstić information content (AvgIpc) is 2.33. The van der Waals surface area contributed by atoms with Crippen molar-refractivity contribution in [2.24, 2.45) is 0 Å². The van der Waals surface area contributed by atoms with Crippen molar-refractivity contribution in [2.75, 3.05) is 13.2 Å². The van der Waals surface area contributed by atoms with E-state index in [2.05, 4.69) is 5.32 Å². The van der Waals surface area contributed by atoms with E-state index in [-0.39, 0.29) is 12.1 Å². The minimum atomic E-state index is -0.574. The Morgan fingerprint density at radius 2 is 2.17 bits per heavy atom. The van der Waals surface area contributed by atoms with Crippen molar-refractivity contribution in [3.63, 3.8) is 0 Å². The molecule has 0 aromatic heterocycles. The Labute approximate surface area is 108 Å². The largest absolute Gasteiger partial charge is 0.491 e. The van der Waals surface area contributed by atoms with Crippen LogP contribution in [0, 0.1) is 11.3 Å². The zero-order chi connectivity index (χ0) is 13.6. The van der Waals surface area contributed by atoms with Gasteiger partial charge in [-0.05, 0) is 39.0 Å². The lowest BCUT2D eigenvalue weighted by molar-refractivity contribution is 0.100. The van der Waals surface area contributed by atoms with Crippen molar-refractivity contribution in [3.8, 4) is 11.8 Å². The highest BCUT2D eigenvalue weighted by molar-refractivity contribution is 5.36. The van der Waals surface area contributed by atoms with Gasteiger partial charge >= 0.3 is 0 Å². The van der Waals surface area contributed by atoms with Crippen LogP contribution in [0.15, 0.2) is 24.3 Å². The van der Waals surface area contributed by atoms with E-state index in [9.17, 15) is 5.11 Å². The lowest BCUT2D eigenvalue weighted by Gasteiger charge is -2.22. The topological polar surface area (TPSA) is 65.3 Å². The summed E-state index contributed by atoms with van der Waals surface area (Å²) in [7, 11) is 0. The first-order chi connectivity index (χ1) is 8.40. The molecule has 0 saturated heterocycles. The number of ether oxygens (including phenoxy) is 1. The predicted molar refractivity (Wildman–Crippen MR) is 70.4 cm³/mol. The van der Waals surface area contributed by atoms with Gasteiger partial charge in [-0.25, -0.2) is 0 Å². The fourth-order valence-corrected chi connectivity index (χ4v) is 1.33. The minimum Gasteiger partial charge on any atom is -0.491 e. The van der Waals surface area contributed by atoms with Gasteiger partial charge in [0.15, 0.2) is 0 Å². The van der Waals surface area contributed by atoms with Crippen molar-refractivity contribution < 1.29 is 9.84 Å². The maximum atomic E-state index is 9.75. The summed E-state index contributed by atoms with van der Waals surface area (Å²) in [4.78, 5) is 0. The highest BCUT2D eigenvalue weighted by atomic mass is 16.5. The van der Waals surface area contributed by atoms with Crippen LogP contribution in [0.25, 0.3) is 0 Å². The molecule has 1 aromatic rings. The Balaban J connectivity index is 2.38. The molecule has 0 aliphatic rings. The highest BCUT2D eigenvalue weighted by Crippen LogP contribution is 2.12. The number of nitriles is 1. The molecule has 18 heavy (non-hydrogen) atoms. The number of β-amino-alcohol motifs (C(OH)–C–C–N with tert-alkyl or cyclic N) is 1. The maximum Gasteiger partial charge on any atom is 0.120 e. The van der Waals surface area contributed by atoms with Gasteiger partial charge in [-0.3, -0.25) is 0 Å². The molecule has 0 amide bonds. The van der Waals surface area contributed by atoms with E-state index in [4.69, 9.17) is 10.00 Å². The summed E-state index contributed by atoms with van der Waals surface area (Å²) < 4.78 is 5.43. The Kier molecular flexibility index (Phi) is 5.14. The van der Waals surface area contributed by atoms with Crippen LogP contribution in [-0.2, 0) is 0 Å². The minimum absolute atomic E-state index is 0.0261. The Bertz CT molecular complexity index is 419. The van der Waals surface area contributed by atoms with E-state index < -0.39 is 6.10 Å². The van der Waals surface area contributed by atoms with E-state index in [0.29, 0.717) is 17.9 Å². The van der Waals surface area contributed by atoms with Gasteiger partial charge in [0.05, 0.1) is 11.6 Å². The predicted octanol–water partition coefficient (Wildman–Crippen LogP) is 1.69. The summed E-state index contributed by atoms with van der Waals surface area (Å²) in [6.45, 7) is 6.80. The zero-order valence-corrected chi connectivity index (χ0v) is 11.1. The molecule has 1 rings (SSSR count). The fourth-order valence-electron chi connectivity index (χ4n) is 1.33. The second-order valence-corrected chi connectivity index (χ2v) is 5.24. The van der Waals surface area contributed by atoms with Crippen LogP contribution >= 0.6 is 0 Å². The first-order valence-corrected chi connectivity index (χ1v) is 5.97. The summed E-state index contributed by atoms with van der Waals surface area (Å²) in [5.41, 5.74) is 0.525. The van der Waals surface area contributed by atoms with E-state index in [1.807, 2.05) is 26.8 Å². The number of rotatable bonds is 5. The Hall–Kier alpha value is -1.57. The summed E-state index contributed by atoms with van der Waals surface area (Å²) in [6.07, 6.45) is -0.574. The van der Waals surface area contributed by atoms with Gasteiger partial charge in [-0.1, -0.05) is 6.07 Å². The smallest absolute Gasteiger partial charge is 0.120 e. The molecule has 0 saturated carbocycles. The van der Waals surface area contributed by atoms with Crippen molar-refractivity contribution in [1.29, 1.82) is 5.26 Å². The second kappa shape index (κ2) is 6.39. The molecule has 1 unspecified atom stereocenters. The van der Waals surface area contributed by atoms with Crippen LogP contribution in [0.2, 0.25) is 0 Å². The van der Waals surface area contributed by atoms with Crippen molar-refractivity contribution >= 4 is 0 Å². The van der Waals surface area contributed by atoms with Crippen LogP contribution in [-0.4, -0.2) is 29.9 Å². The van der Waals surface area contributed by atoms with E-state index in [1.54, 1.807) is 24.3 Å². The van der Waals surface area contributed by atoms with Crippen LogP contribution in [0.1, 0.15) is 26.3 Å². The monoisotopic (exact) mass is 248 g/mol. The second-order valence-electron chi connectivity index (χ2n) is 5.24. The highest BCUT2D eigenvalue weighted by Gasteiger charge is 2.12. The van der Waals surface area contributed by atoms with Gasteiger partial charge in [0, 0.05) is 12.1 Å². The Morgan fingerprint density at radius 1 is 1.44 bits per heavy atom. The third kappa shape index (κ3) is 5.67. The summed E-state index contributed by atoms with van der Waals surface area (Å²) in [5, 5.41) is 21.7. The quantitative estimate of drug-likeness (QED) is 0.832. The van der Waals surface area contributed by atoms with Gasteiger partial charge in [0.2, 0.25) is 0 Å². The zero-order valence-electron chi connectivity index (χ0n) is 11.1. The SMILES string of the molecule is CC(C)(C)NCC(O)COc1cccc(C#N)c1. The molecule has 98 valence electrons. The number of hydrogen-bond donors (Lipinski definition) is 2. The maximum absolute atomic E-state index is 9.75. The van der Waals surface area contributed by atoms with Crippen molar-refractivity contribution in [2.45, 2.75) is 32.4 Å². The van der Waals surface area contributed by atoms with Crippen LogP contribution < -0.4 is 10.1 Å². The molecular weight excluding hydrogens is 228 g/mol. The van der Waals surface area contributed by atoms with Crippen LogP contribution in [0.5, 0.6) is 5.75 Å². The van der Waals surface area contributed by atoms with Crippen LogP contribution in [0.4, 0.5) is 0 Å². The van der Waals surface area contributed by atoms with Gasteiger partial charge in [-0.2, -0.15) is 5.26 Å². The van der Waals surface area contributed by atoms with E-state index in [0.717, 1.165) is 0 Å². The number of benzene rings is 1. The number of hydrogen-bond acceptors (Lipinski definition) is 4.